The first-order valence-corrected chi connectivity index (χ1v) is 10.1. The van der Waals surface area contributed by atoms with Crippen molar-refractivity contribution in [3.05, 3.63) is 92.3 Å². The fraction of sp³-hybridized carbons (Fsp3) is 0. The van der Waals surface area contributed by atoms with Crippen molar-refractivity contribution in [3.63, 3.8) is 0 Å². The zero-order valence-corrected chi connectivity index (χ0v) is 17.7. The molecule has 2 N–H and O–H groups in total. The molecule has 9 heteroatoms. The number of rotatable bonds is 2. The van der Waals surface area contributed by atoms with Gasteiger partial charge in [-0.1, -0.05) is 59.1 Å². The highest BCUT2D eigenvalue weighted by Crippen LogP contribution is 2.45. The summed E-state index contributed by atoms with van der Waals surface area (Å²) in [4.78, 5) is 29.4. The van der Waals surface area contributed by atoms with Crippen LogP contribution in [0.3, 0.4) is 0 Å². The molecular formula is C22H11Cl3N2O4. The molecule has 0 bridgehead atoms. The Balaban J connectivity index is 1.85. The van der Waals surface area contributed by atoms with Crippen molar-refractivity contribution in [2.75, 3.05) is 0 Å². The SMILES string of the molecule is O=C1c2ccccc2Oc2c(Cl)cc(C(=O)c3ccccc3O)n2-c2c1[nH]c(Cl)c2Cl. The van der Waals surface area contributed by atoms with E-state index in [-0.39, 0.29) is 60.8 Å². The molecule has 2 aromatic heterocycles. The van der Waals surface area contributed by atoms with Crippen LogP contribution in [0.15, 0.2) is 54.6 Å². The molecule has 0 amide bonds. The molecule has 3 heterocycles. The van der Waals surface area contributed by atoms with E-state index in [0.717, 1.165) is 0 Å². The number of H-pyrrole nitrogens is 1. The lowest BCUT2D eigenvalue weighted by Gasteiger charge is -2.19. The highest BCUT2D eigenvalue weighted by molar-refractivity contribution is 6.43. The molecule has 0 radical (unpaired) electrons. The van der Waals surface area contributed by atoms with Crippen molar-refractivity contribution in [2.24, 2.45) is 0 Å². The molecule has 0 atom stereocenters. The third-order valence-electron chi connectivity index (χ3n) is 4.95. The quantitative estimate of drug-likeness (QED) is 0.306. The summed E-state index contributed by atoms with van der Waals surface area (Å²) in [6.07, 6.45) is 0. The first-order chi connectivity index (χ1) is 14.9. The number of nitrogens with one attached hydrogen (secondary N) is 1. The summed E-state index contributed by atoms with van der Waals surface area (Å²) in [6.45, 7) is 0. The Kier molecular flexibility index (Phi) is 4.59. The molecule has 0 unspecified atom stereocenters. The minimum atomic E-state index is -0.546. The van der Waals surface area contributed by atoms with E-state index < -0.39 is 11.6 Å². The lowest BCUT2D eigenvalue weighted by atomic mass is 10.0. The summed E-state index contributed by atoms with van der Waals surface area (Å²) in [5.74, 6) is -0.834. The molecule has 0 fully saturated rings. The predicted octanol–water partition coefficient (Wildman–Crippen LogP) is 6.04. The number of phenols is 1. The second-order valence-corrected chi connectivity index (χ2v) is 7.93. The predicted molar refractivity (Wildman–Crippen MR) is 117 cm³/mol. The molecule has 4 aromatic rings. The summed E-state index contributed by atoms with van der Waals surface area (Å²) in [7, 11) is 0. The molecule has 2 aromatic carbocycles. The van der Waals surface area contributed by atoms with Gasteiger partial charge in [-0.15, -0.1) is 0 Å². The van der Waals surface area contributed by atoms with Crippen molar-refractivity contribution in [2.45, 2.75) is 0 Å². The van der Waals surface area contributed by atoms with Crippen molar-refractivity contribution >= 4 is 46.4 Å². The van der Waals surface area contributed by atoms with Gasteiger partial charge in [-0.3, -0.25) is 14.2 Å². The number of carbonyl (C=O) groups is 2. The molecule has 31 heavy (non-hydrogen) atoms. The van der Waals surface area contributed by atoms with Gasteiger partial charge in [0.15, 0.2) is 0 Å². The van der Waals surface area contributed by atoms with E-state index in [4.69, 9.17) is 39.5 Å². The molecule has 0 spiro atoms. The molecule has 1 aliphatic rings. The number of nitrogens with zero attached hydrogens (tertiary/aromatic N) is 1. The lowest BCUT2D eigenvalue weighted by molar-refractivity contribution is 0.101. The number of halogens is 3. The van der Waals surface area contributed by atoms with Crippen molar-refractivity contribution in [3.8, 4) is 23.1 Å². The third kappa shape index (κ3) is 2.95. The average molecular weight is 474 g/mol. The number of ether oxygens (including phenoxy) is 1. The number of hydrogen-bond acceptors (Lipinski definition) is 4. The van der Waals surface area contributed by atoms with Gasteiger partial charge in [0, 0.05) is 0 Å². The van der Waals surface area contributed by atoms with Crippen LogP contribution in [0.4, 0.5) is 0 Å². The molecular weight excluding hydrogens is 463 g/mol. The topological polar surface area (TPSA) is 84.3 Å². The van der Waals surface area contributed by atoms with E-state index >= 15 is 0 Å². The number of aromatic hydroxyl groups is 1. The largest absolute Gasteiger partial charge is 0.507 e. The van der Waals surface area contributed by atoms with Crippen LogP contribution in [0, 0.1) is 0 Å². The number of hydrogen-bond donors (Lipinski definition) is 2. The second-order valence-electron chi connectivity index (χ2n) is 6.77. The summed E-state index contributed by atoms with van der Waals surface area (Å²) in [5, 5.41) is 10.3. The average Bonchev–Trinajstić information content (AvgIpc) is 3.22. The maximum Gasteiger partial charge on any atom is 0.224 e. The Labute approximate surface area is 190 Å². The maximum atomic E-state index is 13.3. The lowest BCUT2D eigenvalue weighted by Crippen LogP contribution is -2.16. The van der Waals surface area contributed by atoms with Crippen LogP contribution >= 0.6 is 34.8 Å². The minimum absolute atomic E-state index is 0.0212. The van der Waals surface area contributed by atoms with Gasteiger partial charge in [0.2, 0.25) is 17.4 Å². The molecule has 154 valence electrons. The Morgan fingerprint density at radius 2 is 1.74 bits per heavy atom. The molecule has 0 saturated heterocycles. The van der Waals surface area contributed by atoms with Crippen LogP contribution < -0.4 is 4.74 Å². The normalized spacial score (nSPS) is 12.3. The van der Waals surface area contributed by atoms with Gasteiger partial charge in [-0.25, -0.2) is 0 Å². The Hall–Kier alpha value is -3.19. The van der Waals surface area contributed by atoms with Gasteiger partial charge < -0.3 is 14.8 Å². The minimum Gasteiger partial charge on any atom is -0.507 e. The van der Waals surface area contributed by atoms with Crippen molar-refractivity contribution in [1.82, 2.24) is 9.55 Å². The number of ketones is 2. The number of fused-ring (bicyclic) bond motifs is 4. The van der Waals surface area contributed by atoms with Gasteiger partial charge in [-0.05, 0) is 30.3 Å². The van der Waals surface area contributed by atoms with Crippen LogP contribution in [0.1, 0.15) is 32.1 Å². The molecule has 0 saturated carbocycles. The van der Waals surface area contributed by atoms with E-state index in [1.165, 1.54) is 22.8 Å². The number of para-hydroxylation sites is 2. The maximum absolute atomic E-state index is 13.3. The van der Waals surface area contributed by atoms with Crippen LogP contribution in [0.25, 0.3) is 5.69 Å². The molecule has 0 aliphatic carbocycles. The number of aromatic nitrogens is 2. The first kappa shape index (κ1) is 19.8. The van der Waals surface area contributed by atoms with E-state index in [0.29, 0.717) is 0 Å². The van der Waals surface area contributed by atoms with E-state index in [9.17, 15) is 14.7 Å². The molecule has 1 aliphatic heterocycles. The zero-order chi connectivity index (χ0) is 21.9. The van der Waals surface area contributed by atoms with E-state index in [1.54, 1.807) is 36.4 Å². The molecule has 6 nitrogen and oxygen atoms in total. The highest BCUT2D eigenvalue weighted by Gasteiger charge is 2.34. The number of phenolic OH excluding ortho intramolecular Hbond substituents is 1. The number of benzene rings is 2. The van der Waals surface area contributed by atoms with Gasteiger partial charge in [0.05, 0.1) is 22.5 Å². The van der Waals surface area contributed by atoms with Gasteiger partial charge in [0.25, 0.3) is 0 Å². The zero-order valence-electron chi connectivity index (χ0n) is 15.4. The summed E-state index contributed by atoms with van der Waals surface area (Å²) >= 11 is 19.1. The fourth-order valence-electron chi connectivity index (χ4n) is 3.54. The van der Waals surface area contributed by atoms with Gasteiger partial charge in [-0.2, -0.15) is 0 Å². The Morgan fingerprint density at radius 1 is 1.03 bits per heavy atom. The van der Waals surface area contributed by atoms with E-state index in [2.05, 4.69) is 4.98 Å². The second kappa shape index (κ2) is 7.20. The summed E-state index contributed by atoms with van der Waals surface area (Å²) in [6, 6.07) is 14.1. The van der Waals surface area contributed by atoms with Crippen LogP contribution in [0.5, 0.6) is 17.4 Å². The number of carbonyl (C=O) groups excluding carboxylic acids is 2. The summed E-state index contributed by atoms with van der Waals surface area (Å²) < 4.78 is 7.32. The van der Waals surface area contributed by atoms with Crippen molar-refractivity contribution in [1.29, 1.82) is 0 Å². The summed E-state index contributed by atoms with van der Waals surface area (Å²) in [5.41, 5.74) is 0.563. The monoisotopic (exact) mass is 472 g/mol. The highest BCUT2D eigenvalue weighted by atomic mass is 35.5. The Bertz CT molecular complexity index is 1400. The van der Waals surface area contributed by atoms with Crippen molar-refractivity contribution < 1.29 is 19.4 Å². The van der Waals surface area contributed by atoms with Crippen LogP contribution in [-0.4, -0.2) is 26.2 Å². The van der Waals surface area contributed by atoms with Gasteiger partial charge in [0.1, 0.15) is 32.4 Å². The first-order valence-electron chi connectivity index (χ1n) is 9.01. The standard InChI is InChI=1S/C22H11Cl3N2O4/c23-12-9-13(19(29)10-5-1-3-7-14(10)28)27-18-16(24)21(25)26-17(18)20(30)11-6-2-4-8-15(11)31-22(12)27/h1-9,26,28H. The Morgan fingerprint density at radius 3 is 2.52 bits per heavy atom. The van der Waals surface area contributed by atoms with Crippen LogP contribution in [0.2, 0.25) is 15.2 Å². The van der Waals surface area contributed by atoms with Crippen LogP contribution in [-0.2, 0) is 0 Å². The molecule has 5 rings (SSSR count). The third-order valence-corrected chi connectivity index (χ3v) is 5.97. The van der Waals surface area contributed by atoms with E-state index in [1.807, 2.05) is 0 Å². The fourth-order valence-corrected chi connectivity index (χ4v) is 4.18. The number of aromatic amines is 1. The smallest absolute Gasteiger partial charge is 0.224 e. The van der Waals surface area contributed by atoms with Gasteiger partial charge >= 0.3 is 0 Å².